The van der Waals surface area contributed by atoms with Crippen LogP contribution in [0.3, 0.4) is 0 Å². The highest BCUT2D eigenvalue weighted by molar-refractivity contribution is 6.27. The van der Waals surface area contributed by atoms with Crippen molar-refractivity contribution >= 4 is 58.6 Å². The highest BCUT2D eigenvalue weighted by Crippen LogP contribution is 1.92. The maximum atomic E-state index is 9.77. The molecular weight excluding hydrogens is 286 g/mol. The van der Waals surface area contributed by atoms with Gasteiger partial charge in [0.15, 0.2) is 46.9 Å². The van der Waals surface area contributed by atoms with Crippen LogP contribution < -0.4 is 0 Å². The molecule has 2 atom stereocenters. The summed E-state index contributed by atoms with van der Waals surface area (Å²) in [5.74, 6) is -7.19. The highest BCUT2D eigenvalue weighted by atomic mass is 27.0. The van der Waals surface area contributed by atoms with E-state index in [-0.39, 0.29) is 34.7 Å². The molecule has 0 radical (unpaired) electrons. The lowest BCUT2D eigenvalue weighted by atomic mass is 10.2. The predicted octanol–water partition coefficient (Wildman–Crippen LogP) is -5.33. The van der Waals surface area contributed by atoms with Gasteiger partial charge in [-0.2, -0.15) is 0 Å². The van der Waals surface area contributed by atoms with Crippen LogP contribution in [-0.2, 0) is 19.2 Å². The van der Waals surface area contributed by atoms with E-state index in [1.54, 1.807) is 0 Å². The summed E-state index contributed by atoms with van der Waals surface area (Å²) in [5, 5.41) is 47.3. The topological polar surface area (TPSA) is 190 Å². The summed E-state index contributed by atoms with van der Waals surface area (Å²) < 4.78 is 0. The fraction of sp³-hybridized carbons (Fsp3) is 0.333. The number of aliphatic hydroxyl groups excluding tert-OH is 2. The van der Waals surface area contributed by atoms with Crippen LogP contribution in [0.1, 0.15) is 0 Å². The monoisotopic (exact) mass is 300 g/mol. The Morgan fingerprint density at radius 1 is 0.611 bits per heavy atom. The molecule has 0 aliphatic carbocycles. The first-order valence-electron chi connectivity index (χ1n) is 3.39. The molecule has 104 valence electrons. The molecule has 0 heterocycles. The van der Waals surface area contributed by atoms with Crippen molar-refractivity contribution in [3.8, 4) is 0 Å². The first kappa shape index (κ1) is 25.6. The van der Waals surface area contributed by atoms with Gasteiger partial charge in [-0.3, -0.25) is 0 Å². The standard InChI is InChI=1S/C4H6O6.C2H2O4.2Al.6H/c5-1(3(7)8)2(6)4(9)10;3-1(4)2(5)6;;;;;;;;/h1-2,5-6H,(H,7,8)(H,9,10);(H,3,4)(H,5,6);;;;;;;;. The van der Waals surface area contributed by atoms with Crippen molar-refractivity contribution in [2.24, 2.45) is 0 Å². The van der Waals surface area contributed by atoms with Crippen molar-refractivity contribution in [2.75, 3.05) is 0 Å². The second kappa shape index (κ2) is 12.3. The predicted molar refractivity (Wildman–Crippen MR) is 62.4 cm³/mol. The van der Waals surface area contributed by atoms with Crippen molar-refractivity contribution in [1.29, 1.82) is 0 Å². The number of carboxylic acids is 4. The molecule has 0 aromatic heterocycles. The summed E-state index contributed by atoms with van der Waals surface area (Å²) in [4.78, 5) is 37.7. The van der Waals surface area contributed by atoms with Crippen LogP contribution in [-0.4, -0.2) is 101 Å². The molecule has 0 saturated carbocycles. The first-order chi connectivity index (χ1) is 7.11. The maximum absolute atomic E-state index is 9.77. The minimum absolute atomic E-state index is 0. The number of aliphatic hydroxyl groups is 2. The van der Waals surface area contributed by atoms with E-state index in [1.807, 2.05) is 0 Å². The third-order valence-corrected chi connectivity index (χ3v) is 0.988. The molecule has 0 amide bonds. The second-order valence-corrected chi connectivity index (χ2v) is 2.18. The van der Waals surface area contributed by atoms with Gasteiger partial charge in [-0.05, 0) is 0 Å². The van der Waals surface area contributed by atoms with Crippen LogP contribution in [0.4, 0.5) is 0 Å². The summed E-state index contributed by atoms with van der Waals surface area (Å²) in [6.45, 7) is 0. The van der Waals surface area contributed by atoms with Gasteiger partial charge in [0.25, 0.3) is 0 Å². The Morgan fingerprint density at radius 2 is 0.778 bits per heavy atom. The van der Waals surface area contributed by atoms with Crippen molar-refractivity contribution in [3.63, 3.8) is 0 Å². The Hall–Kier alpha value is -1.14. The van der Waals surface area contributed by atoms with Crippen LogP contribution in [0, 0.1) is 0 Å². The van der Waals surface area contributed by atoms with E-state index in [9.17, 15) is 9.59 Å². The number of rotatable bonds is 3. The molecule has 0 spiro atoms. The fourth-order valence-electron chi connectivity index (χ4n) is 0.270. The summed E-state index contributed by atoms with van der Waals surface area (Å²) in [5.41, 5.74) is 0. The van der Waals surface area contributed by atoms with Crippen molar-refractivity contribution in [2.45, 2.75) is 12.2 Å². The second-order valence-electron chi connectivity index (χ2n) is 2.18. The lowest BCUT2D eigenvalue weighted by Crippen LogP contribution is -2.39. The van der Waals surface area contributed by atoms with Gasteiger partial charge in [-0.25, -0.2) is 19.2 Å². The summed E-state index contributed by atoms with van der Waals surface area (Å²) in [6.07, 6.45) is -4.53. The van der Waals surface area contributed by atoms with Crippen LogP contribution >= 0.6 is 0 Å². The third-order valence-electron chi connectivity index (χ3n) is 0.988. The van der Waals surface area contributed by atoms with E-state index in [2.05, 4.69) is 0 Å². The zero-order valence-electron chi connectivity index (χ0n) is 7.47. The zero-order chi connectivity index (χ0) is 13.5. The van der Waals surface area contributed by atoms with Crippen LogP contribution in [0.15, 0.2) is 0 Å². The molecule has 0 fully saturated rings. The molecule has 18 heavy (non-hydrogen) atoms. The van der Waals surface area contributed by atoms with E-state index in [4.69, 9.17) is 40.2 Å². The van der Waals surface area contributed by atoms with Crippen molar-refractivity contribution in [1.82, 2.24) is 0 Å². The van der Waals surface area contributed by atoms with E-state index in [0.29, 0.717) is 0 Å². The summed E-state index contributed by atoms with van der Waals surface area (Å²) >= 11 is 0. The highest BCUT2D eigenvalue weighted by Gasteiger charge is 2.29. The molecule has 0 aliphatic heterocycles. The number of hydrogen-bond acceptors (Lipinski definition) is 6. The lowest BCUT2D eigenvalue weighted by Gasteiger charge is -2.07. The molecule has 0 aromatic carbocycles. The average Bonchev–Trinajstić information content (AvgIpc) is 2.15. The van der Waals surface area contributed by atoms with Gasteiger partial charge in [-0.1, -0.05) is 0 Å². The molecule has 6 N–H and O–H groups in total. The summed E-state index contributed by atoms with van der Waals surface area (Å²) in [6, 6.07) is 0. The quantitative estimate of drug-likeness (QED) is 0.217. The van der Waals surface area contributed by atoms with E-state index >= 15 is 0 Å². The van der Waals surface area contributed by atoms with Crippen LogP contribution in [0.2, 0.25) is 0 Å². The molecule has 0 aromatic rings. The van der Waals surface area contributed by atoms with Gasteiger partial charge in [0.05, 0.1) is 0 Å². The molecule has 0 rings (SSSR count). The number of hydrogen-bond donors (Lipinski definition) is 6. The van der Waals surface area contributed by atoms with Gasteiger partial charge in [-0.15, -0.1) is 0 Å². The Labute approximate surface area is 121 Å². The molecule has 0 saturated heterocycles. The molecule has 0 aliphatic rings. The molecule has 0 bridgehead atoms. The summed E-state index contributed by atoms with van der Waals surface area (Å²) in [7, 11) is 0. The van der Waals surface area contributed by atoms with E-state index in [1.165, 1.54) is 0 Å². The maximum Gasteiger partial charge on any atom is 0.414 e. The Morgan fingerprint density at radius 3 is 0.833 bits per heavy atom. The van der Waals surface area contributed by atoms with Gasteiger partial charge >= 0.3 is 23.9 Å². The van der Waals surface area contributed by atoms with E-state index < -0.39 is 36.1 Å². The first-order valence-corrected chi connectivity index (χ1v) is 3.39. The minimum atomic E-state index is -2.27. The third kappa shape index (κ3) is 12.9. The molecule has 10 nitrogen and oxygen atoms in total. The van der Waals surface area contributed by atoms with Crippen LogP contribution in [0.5, 0.6) is 0 Å². The number of carbonyl (C=O) groups is 4. The average molecular weight is 300 g/mol. The van der Waals surface area contributed by atoms with E-state index in [0.717, 1.165) is 0 Å². The molecular formula is C6H14Al2O10. The fourth-order valence-corrected chi connectivity index (χ4v) is 0.270. The Kier molecular flexibility index (Phi) is 17.6. The SMILES string of the molecule is O=C(O)C(=O)O.O=C(O)C(O)C(O)C(=O)O.[AlH3].[AlH3]. The van der Waals surface area contributed by atoms with Gasteiger partial charge in [0.1, 0.15) is 0 Å². The Balaban J connectivity index is -0.000000108. The molecule has 2 unspecified atom stereocenters. The van der Waals surface area contributed by atoms with Gasteiger partial charge in [0, 0.05) is 0 Å². The lowest BCUT2D eigenvalue weighted by molar-refractivity contribution is -0.165. The largest absolute Gasteiger partial charge is 0.479 e. The normalized spacial score (nSPS) is 11.2. The van der Waals surface area contributed by atoms with Crippen molar-refractivity contribution in [3.05, 3.63) is 0 Å². The van der Waals surface area contributed by atoms with Crippen molar-refractivity contribution < 1.29 is 49.8 Å². The Bertz CT molecular complexity index is 273. The minimum Gasteiger partial charge on any atom is -0.479 e. The van der Waals surface area contributed by atoms with Gasteiger partial charge < -0.3 is 30.6 Å². The number of carboxylic acid groups (broad SMARTS) is 4. The van der Waals surface area contributed by atoms with Gasteiger partial charge in [0.2, 0.25) is 0 Å². The van der Waals surface area contributed by atoms with Crippen LogP contribution in [0.25, 0.3) is 0 Å². The molecule has 12 heteroatoms. The zero-order valence-corrected chi connectivity index (χ0v) is 7.47. The number of aliphatic carboxylic acids is 4. The smallest absolute Gasteiger partial charge is 0.414 e.